The molecule has 1 aliphatic heterocycles. The van der Waals surface area contributed by atoms with E-state index in [0.29, 0.717) is 0 Å². The van der Waals surface area contributed by atoms with Gasteiger partial charge in [-0.1, -0.05) is 6.07 Å². The Morgan fingerprint density at radius 3 is 3.07 bits per heavy atom. The Morgan fingerprint density at radius 2 is 2.50 bits per heavy atom. The average molecular weight is 209 g/mol. The second-order valence-electron chi connectivity index (χ2n) is 3.33. The fourth-order valence-corrected chi connectivity index (χ4v) is 2.50. The molecule has 76 valence electrons. The van der Waals surface area contributed by atoms with Gasteiger partial charge in [0.2, 0.25) is 0 Å². The van der Waals surface area contributed by atoms with Gasteiger partial charge in [0.25, 0.3) is 0 Å². The summed E-state index contributed by atoms with van der Waals surface area (Å²) in [6.45, 7) is 0.857. The van der Waals surface area contributed by atoms with Gasteiger partial charge in [0.05, 0.1) is 12.6 Å². The van der Waals surface area contributed by atoms with Crippen molar-refractivity contribution in [3.8, 4) is 0 Å². The van der Waals surface area contributed by atoms with Gasteiger partial charge < -0.3 is 10.1 Å². The van der Waals surface area contributed by atoms with Crippen molar-refractivity contribution >= 4 is 11.3 Å². The van der Waals surface area contributed by atoms with Gasteiger partial charge in [0.1, 0.15) is 5.76 Å². The van der Waals surface area contributed by atoms with E-state index in [1.54, 1.807) is 11.3 Å². The van der Waals surface area contributed by atoms with E-state index >= 15 is 0 Å². The molecular weight excluding hydrogens is 194 g/mol. The molecule has 0 amide bonds. The van der Waals surface area contributed by atoms with Gasteiger partial charge >= 0.3 is 0 Å². The molecule has 0 fully saturated rings. The van der Waals surface area contributed by atoms with Crippen LogP contribution in [0, 0.1) is 0 Å². The van der Waals surface area contributed by atoms with Gasteiger partial charge in [0.15, 0.2) is 0 Å². The maximum Gasteiger partial charge on any atom is 0.114 e. The molecule has 2 heterocycles. The lowest BCUT2D eigenvalue weighted by molar-refractivity contribution is 0.170. The lowest BCUT2D eigenvalue weighted by atomic mass is 10.1. The van der Waals surface area contributed by atoms with E-state index in [2.05, 4.69) is 28.9 Å². The summed E-state index contributed by atoms with van der Waals surface area (Å²) in [5.41, 5.74) is 0. The van der Waals surface area contributed by atoms with E-state index in [0.717, 1.165) is 25.2 Å². The molecule has 0 aromatic carbocycles. The molecule has 1 aromatic heterocycles. The quantitative estimate of drug-likeness (QED) is 0.826. The predicted molar refractivity (Wildman–Crippen MR) is 59.4 cm³/mol. The molecule has 1 N–H and O–H groups in total. The molecule has 0 spiro atoms. The topological polar surface area (TPSA) is 21.3 Å². The summed E-state index contributed by atoms with van der Waals surface area (Å²) in [6.07, 6.45) is 4.48. The van der Waals surface area contributed by atoms with Crippen LogP contribution in [0.5, 0.6) is 0 Å². The zero-order valence-electron chi connectivity index (χ0n) is 8.32. The van der Waals surface area contributed by atoms with Gasteiger partial charge in [0, 0.05) is 4.88 Å². The molecule has 2 rings (SSSR count). The third-order valence-corrected chi connectivity index (χ3v) is 3.30. The normalized spacial score (nSPS) is 18.5. The van der Waals surface area contributed by atoms with Crippen molar-refractivity contribution in [1.82, 2.24) is 5.32 Å². The molecule has 1 aliphatic rings. The number of likely N-dealkylation sites (N-methyl/N-ethyl adjacent to an activating group) is 1. The summed E-state index contributed by atoms with van der Waals surface area (Å²) >= 11 is 1.77. The molecule has 0 saturated carbocycles. The van der Waals surface area contributed by atoms with E-state index < -0.39 is 0 Å². The van der Waals surface area contributed by atoms with Crippen molar-refractivity contribution in [2.45, 2.75) is 18.9 Å². The average Bonchev–Trinajstić information content (AvgIpc) is 2.74. The van der Waals surface area contributed by atoms with E-state index in [-0.39, 0.29) is 6.04 Å². The van der Waals surface area contributed by atoms with Crippen LogP contribution in [0.15, 0.2) is 29.3 Å². The monoisotopic (exact) mass is 209 g/mol. The second-order valence-corrected chi connectivity index (χ2v) is 4.31. The van der Waals surface area contributed by atoms with E-state index in [4.69, 9.17) is 4.74 Å². The van der Waals surface area contributed by atoms with Crippen LogP contribution < -0.4 is 5.32 Å². The van der Waals surface area contributed by atoms with Gasteiger partial charge in [-0.05, 0) is 37.4 Å². The summed E-state index contributed by atoms with van der Waals surface area (Å²) in [7, 11) is 1.98. The predicted octanol–water partition coefficient (Wildman–Crippen LogP) is 2.70. The number of ether oxygens (including phenoxy) is 1. The minimum atomic E-state index is 0.246. The van der Waals surface area contributed by atoms with Crippen LogP contribution in [0.25, 0.3) is 0 Å². The van der Waals surface area contributed by atoms with Gasteiger partial charge in [-0.25, -0.2) is 0 Å². The Kier molecular flexibility index (Phi) is 3.22. The first-order valence-electron chi connectivity index (χ1n) is 4.95. The highest BCUT2D eigenvalue weighted by Crippen LogP contribution is 2.28. The van der Waals surface area contributed by atoms with Crippen LogP contribution in [0.4, 0.5) is 0 Å². The van der Waals surface area contributed by atoms with Crippen molar-refractivity contribution in [2.24, 2.45) is 0 Å². The van der Waals surface area contributed by atoms with Crippen molar-refractivity contribution in [1.29, 1.82) is 0 Å². The summed E-state index contributed by atoms with van der Waals surface area (Å²) in [5, 5.41) is 5.39. The third-order valence-electron chi connectivity index (χ3n) is 2.36. The smallest absolute Gasteiger partial charge is 0.114 e. The lowest BCUT2D eigenvalue weighted by Gasteiger charge is -2.22. The fraction of sp³-hybridized carbons (Fsp3) is 0.455. The van der Waals surface area contributed by atoms with E-state index in [1.165, 1.54) is 4.88 Å². The summed E-state index contributed by atoms with van der Waals surface area (Å²) in [6, 6.07) is 4.47. The minimum absolute atomic E-state index is 0.246. The fourth-order valence-electron chi connectivity index (χ4n) is 1.66. The van der Waals surface area contributed by atoms with Crippen LogP contribution in [0.1, 0.15) is 23.8 Å². The summed E-state index contributed by atoms with van der Waals surface area (Å²) < 4.78 is 5.66. The van der Waals surface area contributed by atoms with Crippen molar-refractivity contribution < 1.29 is 4.74 Å². The van der Waals surface area contributed by atoms with Crippen LogP contribution in [-0.4, -0.2) is 13.7 Å². The standard InChI is InChI=1S/C11H15NOS/c1-12-11(10-6-4-8-14-10)9-5-2-3-7-13-9/h4-6,8,11-12H,2-3,7H2,1H3. The largest absolute Gasteiger partial charge is 0.496 e. The van der Waals surface area contributed by atoms with Crippen LogP contribution in [0.2, 0.25) is 0 Å². The Bertz CT molecular complexity index is 305. The van der Waals surface area contributed by atoms with Crippen molar-refractivity contribution in [3.63, 3.8) is 0 Å². The number of allylic oxidation sites excluding steroid dienone is 1. The molecule has 14 heavy (non-hydrogen) atoms. The van der Waals surface area contributed by atoms with Crippen LogP contribution in [-0.2, 0) is 4.74 Å². The first-order valence-corrected chi connectivity index (χ1v) is 5.83. The molecule has 0 aliphatic carbocycles. The molecule has 1 unspecified atom stereocenters. The second kappa shape index (κ2) is 4.62. The Labute approximate surface area is 88.6 Å². The number of nitrogens with one attached hydrogen (secondary N) is 1. The molecule has 1 aromatic rings. The highest BCUT2D eigenvalue weighted by molar-refractivity contribution is 7.10. The van der Waals surface area contributed by atoms with Crippen LogP contribution in [0.3, 0.4) is 0 Å². The first kappa shape index (κ1) is 9.74. The number of thiophene rings is 1. The summed E-state index contributed by atoms with van der Waals surface area (Å²) in [5.74, 6) is 1.08. The maximum atomic E-state index is 5.66. The molecular formula is C11H15NOS. The Balaban J connectivity index is 2.16. The Morgan fingerprint density at radius 1 is 1.57 bits per heavy atom. The van der Waals surface area contributed by atoms with Gasteiger partial charge in [-0.15, -0.1) is 11.3 Å². The minimum Gasteiger partial charge on any atom is -0.496 e. The molecule has 0 bridgehead atoms. The Hall–Kier alpha value is -0.800. The van der Waals surface area contributed by atoms with Gasteiger partial charge in [-0.3, -0.25) is 0 Å². The SMILES string of the molecule is CNC(C1=CCCCO1)c1cccs1. The molecule has 3 heteroatoms. The molecule has 0 radical (unpaired) electrons. The zero-order valence-corrected chi connectivity index (χ0v) is 9.14. The maximum absolute atomic E-state index is 5.66. The first-order chi connectivity index (χ1) is 6.92. The highest BCUT2D eigenvalue weighted by Gasteiger charge is 2.18. The lowest BCUT2D eigenvalue weighted by Crippen LogP contribution is -2.21. The highest BCUT2D eigenvalue weighted by atomic mass is 32.1. The summed E-state index contributed by atoms with van der Waals surface area (Å²) in [4.78, 5) is 1.32. The van der Waals surface area contributed by atoms with Crippen molar-refractivity contribution in [2.75, 3.05) is 13.7 Å². The number of hydrogen-bond donors (Lipinski definition) is 1. The number of hydrogen-bond acceptors (Lipinski definition) is 3. The van der Waals surface area contributed by atoms with Gasteiger partial charge in [-0.2, -0.15) is 0 Å². The molecule has 1 atom stereocenters. The van der Waals surface area contributed by atoms with E-state index in [9.17, 15) is 0 Å². The number of rotatable bonds is 3. The molecule has 2 nitrogen and oxygen atoms in total. The van der Waals surface area contributed by atoms with E-state index in [1.807, 2.05) is 7.05 Å². The zero-order chi connectivity index (χ0) is 9.80. The third kappa shape index (κ3) is 1.99. The van der Waals surface area contributed by atoms with Crippen LogP contribution >= 0.6 is 11.3 Å². The van der Waals surface area contributed by atoms with Crippen molar-refractivity contribution in [3.05, 3.63) is 34.2 Å². The molecule has 0 saturated heterocycles.